The molecule has 0 atom stereocenters. The van der Waals surface area contributed by atoms with E-state index in [2.05, 4.69) is 4.98 Å². The molecule has 21 heavy (non-hydrogen) atoms. The molecule has 1 aromatic heterocycles. The van der Waals surface area contributed by atoms with Crippen molar-refractivity contribution in [2.75, 3.05) is 27.2 Å². The van der Waals surface area contributed by atoms with Crippen molar-refractivity contribution in [3.05, 3.63) is 23.5 Å². The molecule has 2 heterocycles. The third-order valence-corrected chi connectivity index (χ3v) is 5.68. The van der Waals surface area contributed by atoms with Crippen LogP contribution in [0.5, 0.6) is 0 Å². The van der Waals surface area contributed by atoms with Crippen LogP contribution in [-0.4, -0.2) is 55.7 Å². The number of halogens is 1. The van der Waals surface area contributed by atoms with Gasteiger partial charge in [0.1, 0.15) is 5.15 Å². The number of pyridine rings is 1. The maximum Gasteiger partial charge on any atom is 0.243 e. The molecule has 2 rings (SSSR count). The molecule has 1 aliphatic heterocycles. The maximum absolute atomic E-state index is 12.5. The predicted octanol–water partition coefficient (Wildman–Crippen LogP) is 1.22. The summed E-state index contributed by atoms with van der Waals surface area (Å²) < 4.78 is 26.4. The van der Waals surface area contributed by atoms with Gasteiger partial charge in [-0.3, -0.25) is 4.79 Å². The van der Waals surface area contributed by atoms with Gasteiger partial charge in [-0.2, -0.15) is 4.31 Å². The predicted molar refractivity (Wildman–Crippen MR) is 79.4 cm³/mol. The number of amides is 1. The van der Waals surface area contributed by atoms with Crippen LogP contribution in [0.2, 0.25) is 5.15 Å². The fourth-order valence-corrected chi connectivity index (χ4v) is 4.12. The molecule has 0 unspecified atom stereocenters. The van der Waals surface area contributed by atoms with Gasteiger partial charge in [0, 0.05) is 39.3 Å². The average molecular weight is 332 g/mol. The molecule has 0 aromatic carbocycles. The Labute approximate surface area is 129 Å². The minimum Gasteiger partial charge on any atom is -0.349 e. The van der Waals surface area contributed by atoms with Crippen molar-refractivity contribution < 1.29 is 13.2 Å². The lowest BCUT2D eigenvalue weighted by molar-refractivity contribution is -0.134. The van der Waals surface area contributed by atoms with Crippen molar-refractivity contribution >= 4 is 27.5 Å². The summed E-state index contributed by atoms with van der Waals surface area (Å²) in [6, 6.07) is 2.77. The Morgan fingerprint density at radius 1 is 1.38 bits per heavy atom. The zero-order chi connectivity index (χ0) is 15.6. The van der Waals surface area contributed by atoms with Crippen LogP contribution in [0, 0.1) is 5.92 Å². The van der Waals surface area contributed by atoms with Crippen molar-refractivity contribution in [2.45, 2.75) is 17.7 Å². The zero-order valence-corrected chi connectivity index (χ0v) is 13.6. The monoisotopic (exact) mass is 331 g/mol. The summed E-state index contributed by atoms with van der Waals surface area (Å²) in [5.41, 5.74) is 0. The third kappa shape index (κ3) is 3.53. The lowest BCUT2D eigenvalue weighted by atomic mass is 9.97. The first-order valence-electron chi connectivity index (χ1n) is 6.65. The maximum atomic E-state index is 12.5. The molecular weight excluding hydrogens is 314 g/mol. The molecule has 0 bridgehead atoms. The lowest BCUT2D eigenvalue weighted by Crippen LogP contribution is -2.42. The van der Waals surface area contributed by atoms with E-state index in [1.54, 1.807) is 19.0 Å². The molecule has 0 N–H and O–H groups in total. The fourth-order valence-electron chi connectivity index (χ4n) is 2.40. The van der Waals surface area contributed by atoms with Gasteiger partial charge in [0.2, 0.25) is 15.9 Å². The molecule has 1 amide bonds. The van der Waals surface area contributed by atoms with Gasteiger partial charge < -0.3 is 4.90 Å². The van der Waals surface area contributed by atoms with Gasteiger partial charge in [-0.15, -0.1) is 0 Å². The van der Waals surface area contributed by atoms with Gasteiger partial charge in [0.25, 0.3) is 0 Å². The van der Waals surface area contributed by atoms with Gasteiger partial charge in [0.15, 0.2) is 0 Å². The Balaban J connectivity index is 2.10. The average Bonchev–Trinajstić information content (AvgIpc) is 2.46. The molecule has 0 radical (unpaired) electrons. The van der Waals surface area contributed by atoms with Crippen LogP contribution in [0.1, 0.15) is 12.8 Å². The number of hydrogen-bond acceptors (Lipinski definition) is 4. The minimum atomic E-state index is -3.57. The highest BCUT2D eigenvalue weighted by molar-refractivity contribution is 7.89. The Kier molecular flexibility index (Phi) is 4.85. The van der Waals surface area contributed by atoms with E-state index in [1.165, 1.54) is 22.6 Å². The second-order valence-electron chi connectivity index (χ2n) is 5.23. The largest absolute Gasteiger partial charge is 0.349 e. The van der Waals surface area contributed by atoms with Crippen molar-refractivity contribution in [3.63, 3.8) is 0 Å². The molecule has 1 fully saturated rings. The smallest absolute Gasteiger partial charge is 0.243 e. The van der Waals surface area contributed by atoms with Gasteiger partial charge >= 0.3 is 0 Å². The van der Waals surface area contributed by atoms with E-state index in [-0.39, 0.29) is 21.9 Å². The summed E-state index contributed by atoms with van der Waals surface area (Å²) in [5, 5.41) is 0.147. The quantitative estimate of drug-likeness (QED) is 0.781. The molecule has 0 aliphatic carbocycles. The number of carbonyl (C=O) groups is 1. The van der Waals surface area contributed by atoms with Crippen molar-refractivity contribution in [1.82, 2.24) is 14.2 Å². The van der Waals surface area contributed by atoms with Crippen molar-refractivity contribution in [1.29, 1.82) is 0 Å². The first-order chi connectivity index (χ1) is 9.82. The topological polar surface area (TPSA) is 70.6 Å². The Morgan fingerprint density at radius 2 is 2.00 bits per heavy atom. The van der Waals surface area contributed by atoms with E-state index >= 15 is 0 Å². The Hall–Kier alpha value is -1.18. The van der Waals surface area contributed by atoms with Crippen LogP contribution in [0.3, 0.4) is 0 Å². The minimum absolute atomic E-state index is 0.0546. The van der Waals surface area contributed by atoms with Crippen molar-refractivity contribution in [3.8, 4) is 0 Å². The van der Waals surface area contributed by atoms with E-state index < -0.39 is 10.0 Å². The van der Waals surface area contributed by atoms with E-state index in [0.29, 0.717) is 25.9 Å². The van der Waals surface area contributed by atoms with Crippen LogP contribution in [0.15, 0.2) is 23.2 Å². The second-order valence-corrected chi connectivity index (χ2v) is 7.55. The summed E-state index contributed by atoms with van der Waals surface area (Å²) >= 11 is 5.75. The molecule has 1 aliphatic rings. The molecule has 8 heteroatoms. The summed E-state index contributed by atoms with van der Waals surface area (Å²) in [6.45, 7) is 0.680. The molecule has 0 spiro atoms. The van der Waals surface area contributed by atoms with Crippen LogP contribution in [-0.2, 0) is 14.8 Å². The van der Waals surface area contributed by atoms with Crippen LogP contribution in [0.25, 0.3) is 0 Å². The van der Waals surface area contributed by atoms with Gasteiger partial charge in [-0.25, -0.2) is 13.4 Å². The Morgan fingerprint density at radius 3 is 2.52 bits per heavy atom. The van der Waals surface area contributed by atoms with E-state index in [0.717, 1.165) is 0 Å². The van der Waals surface area contributed by atoms with Crippen LogP contribution in [0.4, 0.5) is 0 Å². The van der Waals surface area contributed by atoms with E-state index in [4.69, 9.17) is 11.6 Å². The highest BCUT2D eigenvalue weighted by Crippen LogP contribution is 2.25. The number of rotatable bonds is 3. The number of aromatic nitrogens is 1. The fraction of sp³-hybridized carbons (Fsp3) is 0.538. The summed E-state index contributed by atoms with van der Waals surface area (Å²) in [5.74, 6) is -0.0496. The Bertz CT molecular complexity index is 625. The van der Waals surface area contributed by atoms with E-state index in [9.17, 15) is 13.2 Å². The second kappa shape index (κ2) is 6.29. The number of hydrogen-bond donors (Lipinski definition) is 0. The zero-order valence-electron chi connectivity index (χ0n) is 12.0. The molecular formula is C13H18ClN3O3S. The van der Waals surface area contributed by atoms with Gasteiger partial charge in [0.05, 0.1) is 4.90 Å². The lowest BCUT2D eigenvalue weighted by Gasteiger charge is -2.31. The summed E-state index contributed by atoms with van der Waals surface area (Å²) in [4.78, 5) is 17.4. The SMILES string of the molecule is CN(C)C(=O)C1CCN(S(=O)(=O)c2ccnc(Cl)c2)CC1. The summed E-state index contributed by atoms with van der Waals surface area (Å²) in [6.07, 6.45) is 2.45. The number of sulfonamides is 1. The van der Waals surface area contributed by atoms with Crippen molar-refractivity contribution in [2.24, 2.45) is 5.92 Å². The summed E-state index contributed by atoms with van der Waals surface area (Å²) in [7, 11) is -0.144. The molecule has 116 valence electrons. The number of nitrogens with zero attached hydrogens (tertiary/aromatic N) is 3. The molecule has 1 saturated heterocycles. The highest BCUT2D eigenvalue weighted by Gasteiger charge is 2.32. The van der Waals surface area contributed by atoms with Crippen LogP contribution < -0.4 is 0 Å². The number of piperidine rings is 1. The third-order valence-electron chi connectivity index (χ3n) is 3.58. The van der Waals surface area contributed by atoms with Gasteiger partial charge in [-0.05, 0) is 25.0 Å². The van der Waals surface area contributed by atoms with Gasteiger partial charge in [-0.1, -0.05) is 11.6 Å². The normalized spacial score (nSPS) is 17.7. The first-order valence-corrected chi connectivity index (χ1v) is 8.47. The molecule has 0 saturated carbocycles. The van der Waals surface area contributed by atoms with Crippen LogP contribution >= 0.6 is 11.6 Å². The highest BCUT2D eigenvalue weighted by atomic mass is 35.5. The van der Waals surface area contributed by atoms with E-state index in [1.807, 2.05) is 0 Å². The number of carbonyl (C=O) groups excluding carboxylic acids is 1. The molecule has 6 nitrogen and oxygen atoms in total. The standard InChI is InChI=1S/C13H18ClN3O3S/c1-16(2)13(18)10-4-7-17(8-5-10)21(19,20)11-3-6-15-12(14)9-11/h3,6,9-10H,4-5,7-8H2,1-2H3. The molecule has 1 aromatic rings. The first kappa shape index (κ1) is 16.2.